The van der Waals surface area contributed by atoms with Gasteiger partial charge < -0.3 is 4.74 Å². The SMILES string of the molecule is Cc1cc(Cl)ccc1OC1(C)CC1. The van der Waals surface area contributed by atoms with Crippen molar-refractivity contribution in [3.8, 4) is 5.75 Å². The van der Waals surface area contributed by atoms with Gasteiger partial charge in [-0.2, -0.15) is 0 Å². The molecule has 0 amide bonds. The van der Waals surface area contributed by atoms with Gasteiger partial charge in [0.2, 0.25) is 0 Å². The summed E-state index contributed by atoms with van der Waals surface area (Å²) in [6.45, 7) is 4.16. The zero-order chi connectivity index (χ0) is 9.47. The van der Waals surface area contributed by atoms with Crippen molar-refractivity contribution in [3.05, 3.63) is 28.8 Å². The topological polar surface area (TPSA) is 9.23 Å². The quantitative estimate of drug-likeness (QED) is 0.703. The number of ether oxygens (including phenoxy) is 1. The van der Waals surface area contributed by atoms with Crippen LogP contribution >= 0.6 is 11.6 Å². The van der Waals surface area contributed by atoms with E-state index in [4.69, 9.17) is 16.3 Å². The minimum Gasteiger partial charge on any atom is -0.487 e. The number of rotatable bonds is 2. The van der Waals surface area contributed by atoms with Crippen LogP contribution in [0.2, 0.25) is 5.02 Å². The van der Waals surface area contributed by atoms with Crippen LogP contribution in [-0.2, 0) is 0 Å². The second kappa shape index (κ2) is 2.91. The van der Waals surface area contributed by atoms with Gasteiger partial charge in [-0.25, -0.2) is 0 Å². The summed E-state index contributed by atoms with van der Waals surface area (Å²) >= 11 is 5.85. The third kappa shape index (κ3) is 1.97. The lowest BCUT2D eigenvalue weighted by molar-refractivity contribution is 0.199. The Morgan fingerprint density at radius 2 is 2.08 bits per heavy atom. The Labute approximate surface area is 83.7 Å². The maximum atomic E-state index is 5.85. The van der Waals surface area contributed by atoms with Crippen molar-refractivity contribution in [1.29, 1.82) is 0 Å². The van der Waals surface area contributed by atoms with Gasteiger partial charge in [-0.05, 0) is 50.5 Å². The molecule has 1 aliphatic carbocycles. The Bertz CT molecular complexity index is 329. The molecule has 0 aromatic heterocycles. The van der Waals surface area contributed by atoms with Gasteiger partial charge in [-0.15, -0.1) is 0 Å². The van der Waals surface area contributed by atoms with Gasteiger partial charge in [-0.1, -0.05) is 11.6 Å². The van der Waals surface area contributed by atoms with Gasteiger partial charge in [0.25, 0.3) is 0 Å². The maximum Gasteiger partial charge on any atom is 0.123 e. The van der Waals surface area contributed by atoms with Crippen molar-refractivity contribution >= 4 is 11.6 Å². The molecule has 1 aromatic carbocycles. The Balaban J connectivity index is 2.20. The molecule has 0 spiro atoms. The third-order valence-electron chi connectivity index (χ3n) is 2.45. The van der Waals surface area contributed by atoms with Crippen LogP contribution in [0.15, 0.2) is 18.2 Å². The number of aryl methyl sites for hydroxylation is 1. The summed E-state index contributed by atoms with van der Waals surface area (Å²) in [6, 6.07) is 5.75. The second-order valence-electron chi connectivity index (χ2n) is 3.96. The summed E-state index contributed by atoms with van der Waals surface area (Å²) in [6.07, 6.45) is 2.32. The fourth-order valence-electron chi connectivity index (χ4n) is 1.27. The third-order valence-corrected chi connectivity index (χ3v) is 2.68. The van der Waals surface area contributed by atoms with E-state index in [0.717, 1.165) is 29.2 Å². The first-order valence-corrected chi connectivity index (χ1v) is 4.92. The Morgan fingerprint density at radius 3 is 2.62 bits per heavy atom. The summed E-state index contributed by atoms with van der Waals surface area (Å²) in [5, 5.41) is 0.769. The Hall–Kier alpha value is -0.690. The van der Waals surface area contributed by atoms with E-state index in [9.17, 15) is 0 Å². The van der Waals surface area contributed by atoms with Gasteiger partial charge in [0.15, 0.2) is 0 Å². The fourth-order valence-corrected chi connectivity index (χ4v) is 1.50. The van der Waals surface area contributed by atoms with Crippen molar-refractivity contribution in [2.45, 2.75) is 32.3 Å². The van der Waals surface area contributed by atoms with Crippen molar-refractivity contribution in [1.82, 2.24) is 0 Å². The highest BCUT2D eigenvalue weighted by atomic mass is 35.5. The van der Waals surface area contributed by atoms with E-state index in [1.807, 2.05) is 25.1 Å². The summed E-state index contributed by atoms with van der Waals surface area (Å²) in [7, 11) is 0. The van der Waals surface area contributed by atoms with Crippen LogP contribution in [0.4, 0.5) is 0 Å². The van der Waals surface area contributed by atoms with Crippen molar-refractivity contribution in [3.63, 3.8) is 0 Å². The molecule has 0 radical (unpaired) electrons. The minimum atomic E-state index is 0.0958. The van der Waals surface area contributed by atoms with Crippen molar-refractivity contribution in [2.75, 3.05) is 0 Å². The molecule has 0 N–H and O–H groups in total. The highest BCUT2D eigenvalue weighted by Crippen LogP contribution is 2.40. The van der Waals surface area contributed by atoms with E-state index in [1.54, 1.807) is 0 Å². The molecule has 0 heterocycles. The normalized spacial score (nSPS) is 18.4. The number of hydrogen-bond donors (Lipinski definition) is 0. The average molecular weight is 197 g/mol. The molecule has 1 aromatic rings. The van der Waals surface area contributed by atoms with Gasteiger partial charge in [0.1, 0.15) is 11.4 Å². The summed E-state index contributed by atoms with van der Waals surface area (Å²) in [5.74, 6) is 0.962. The average Bonchev–Trinajstić information content (AvgIpc) is 2.75. The van der Waals surface area contributed by atoms with E-state index in [2.05, 4.69) is 6.92 Å². The predicted octanol–water partition coefficient (Wildman–Crippen LogP) is 3.58. The van der Waals surface area contributed by atoms with Gasteiger partial charge in [0.05, 0.1) is 0 Å². The molecule has 1 fully saturated rings. The van der Waals surface area contributed by atoms with Crippen LogP contribution in [0, 0.1) is 6.92 Å². The number of halogens is 1. The molecule has 0 bridgehead atoms. The monoisotopic (exact) mass is 196 g/mol. The standard InChI is InChI=1S/C11H13ClO/c1-8-7-9(12)3-4-10(8)13-11(2)5-6-11/h3-4,7H,5-6H2,1-2H3. The van der Waals surface area contributed by atoms with Crippen LogP contribution < -0.4 is 4.74 Å². The van der Waals surface area contributed by atoms with E-state index >= 15 is 0 Å². The maximum absolute atomic E-state index is 5.85. The van der Waals surface area contributed by atoms with E-state index in [-0.39, 0.29) is 5.60 Å². The van der Waals surface area contributed by atoms with Crippen LogP contribution in [0.3, 0.4) is 0 Å². The zero-order valence-electron chi connectivity index (χ0n) is 7.93. The van der Waals surface area contributed by atoms with Crippen LogP contribution in [0.25, 0.3) is 0 Å². The molecular weight excluding hydrogens is 184 g/mol. The highest BCUT2D eigenvalue weighted by molar-refractivity contribution is 6.30. The largest absolute Gasteiger partial charge is 0.487 e. The zero-order valence-corrected chi connectivity index (χ0v) is 8.69. The minimum absolute atomic E-state index is 0.0958. The van der Waals surface area contributed by atoms with E-state index in [0.29, 0.717) is 0 Å². The summed E-state index contributed by atoms with van der Waals surface area (Å²) < 4.78 is 5.84. The van der Waals surface area contributed by atoms with Crippen LogP contribution in [0.5, 0.6) is 5.75 Å². The molecule has 0 atom stereocenters. The molecule has 0 aliphatic heterocycles. The number of benzene rings is 1. The molecule has 2 heteroatoms. The first-order valence-electron chi connectivity index (χ1n) is 4.54. The lowest BCUT2D eigenvalue weighted by Gasteiger charge is -2.14. The molecular formula is C11H13ClO. The van der Waals surface area contributed by atoms with Crippen molar-refractivity contribution in [2.24, 2.45) is 0 Å². The molecule has 1 saturated carbocycles. The van der Waals surface area contributed by atoms with Gasteiger partial charge in [0, 0.05) is 5.02 Å². The molecule has 1 aliphatic rings. The summed E-state index contributed by atoms with van der Waals surface area (Å²) in [4.78, 5) is 0. The molecule has 2 rings (SSSR count). The molecule has 70 valence electrons. The smallest absolute Gasteiger partial charge is 0.123 e. The van der Waals surface area contributed by atoms with Crippen molar-refractivity contribution < 1.29 is 4.74 Å². The predicted molar refractivity (Wildman–Crippen MR) is 54.5 cm³/mol. The Morgan fingerprint density at radius 1 is 1.38 bits per heavy atom. The molecule has 0 saturated heterocycles. The summed E-state index contributed by atoms with van der Waals surface area (Å²) in [5.41, 5.74) is 1.21. The molecule has 1 nitrogen and oxygen atoms in total. The highest BCUT2D eigenvalue weighted by Gasteiger charge is 2.40. The van der Waals surface area contributed by atoms with Crippen LogP contribution in [-0.4, -0.2) is 5.60 Å². The van der Waals surface area contributed by atoms with Gasteiger partial charge in [-0.3, -0.25) is 0 Å². The molecule has 0 unspecified atom stereocenters. The first-order chi connectivity index (χ1) is 6.09. The second-order valence-corrected chi connectivity index (χ2v) is 4.40. The lowest BCUT2D eigenvalue weighted by atomic mass is 10.2. The molecule has 13 heavy (non-hydrogen) atoms. The van der Waals surface area contributed by atoms with Gasteiger partial charge >= 0.3 is 0 Å². The van der Waals surface area contributed by atoms with E-state index < -0.39 is 0 Å². The Kier molecular flexibility index (Phi) is 1.99. The number of hydrogen-bond acceptors (Lipinski definition) is 1. The lowest BCUT2D eigenvalue weighted by Crippen LogP contribution is -2.12. The van der Waals surface area contributed by atoms with Crippen LogP contribution in [0.1, 0.15) is 25.3 Å². The van der Waals surface area contributed by atoms with E-state index in [1.165, 1.54) is 0 Å². The fraction of sp³-hybridized carbons (Fsp3) is 0.455. The first kappa shape index (κ1) is 8.89.